The Morgan fingerprint density at radius 3 is 2.68 bits per heavy atom. The van der Waals surface area contributed by atoms with Crippen molar-refractivity contribution in [2.75, 3.05) is 13.2 Å². The third-order valence-corrected chi connectivity index (χ3v) is 6.63. The fourth-order valence-corrected chi connectivity index (χ4v) is 4.94. The Morgan fingerprint density at radius 1 is 1.09 bits per heavy atom. The molecule has 34 heavy (non-hydrogen) atoms. The highest BCUT2D eigenvalue weighted by Gasteiger charge is 2.32. The molecule has 174 valence electrons. The first-order valence-corrected chi connectivity index (χ1v) is 12.0. The van der Waals surface area contributed by atoms with Gasteiger partial charge >= 0.3 is 5.97 Å². The van der Waals surface area contributed by atoms with Crippen LogP contribution < -0.4 is 9.47 Å². The summed E-state index contributed by atoms with van der Waals surface area (Å²) in [5, 5.41) is 11.2. The van der Waals surface area contributed by atoms with E-state index in [0.29, 0.717) is 33.9 Å². The van der Waals surface area contributed by atoms with Gasteiger partial charge in [0.15, 0.2) is 11.5 Å². The first-order chi connectivity index (χ1) is 16.5. The molecule has 1 N–H and O–H groups in total. The number of thioether (sulfide) groups is 1. The number of thiocarbonyl (C=S) groups is 1. The van der Waals surface area contributed by atoms with Crippen molar-refractivity contribution in [3.8, 4) is 11.5 Å². The van der Waals surface area contributed by atoms with Crippen molar-refractivity contribution in [2.24, 2.45) is 0 Å². The van der Waals surface area contributed by atoms with Crippen LogP contribution in [-0.4, -0.2) is 39.4 Å². The summed E-state index contributed by atoms with van der Waals surface area (Å²) in [5.74, 6) is -0.0669. The van der Waals surface area contributed by atoms with Gasteiger partial charge in [-0.2, -0.15) is 0 Å². The largest absolute Gasteiger partial charge is 0.490 e. The monoisotopic (exact) mass is 493 g/mol. The highest BCUT2D eigenvalue weighted by Crippen LogP contribution is 2.35. The third kappa shape index (κ3) is 5.40. The topological polar surface area (TPSA) is 76.1 Å². The van der Waals surface area contributed by atoms with Gasteiger partial charge in [-0.15, -0.1) is 0 Å². The standard InChI is InChI=1S/C26H23NO5S2/c1-2-31-22-14-17(15-23-25(30)27(26(33)34-23)13-12-24(28)29)10-11-21(22)32-16-19-8-5-7-18-6-3-4-9-20(18)19/h3-11,14-15H,2,12-13,16H2,1H3,(H,28,29)/b23-15+. The molecular weight excluding hydrogens is 470 g/mol. The molecule has 1 saturated heterocycles. The molecule has 0 bridgehead atoms. The SMILES string of the molecule is CCOc1cc(/C=C2/SC(=S)N(CCC(=O)O)C2=O)ccc1OCc1cccc2ccccc12. The number of amides is 1. The van der Waals surface area contributed by atoms with Crippen LogP contribution in [0.3, 0.4) is 0 Å². The smallest absolute Gasteiger partial charge is 0.305 e. The number of carboxylic acids is 1. The van der Waals surface area contributed by atoms with E-state index in [1.165, 1.54) is 4.90 Å². The van der Waals surface area contributed by atoms with E-state index in [1.54, 1.807) is 6.08 Å². The summed E-state index contributed by atoms with van der Waals surface area (Å²) in [4.78, 5) is 25.3. The van der Waals surface area contributed by atoms with Gasteiger partial charge in [0, 0.05) is 6.54 Å². The minimum Gasteiger partial charge on any atom is -0.490 e. The molecule has 0 saturated carbocycles. The van der Waals surface area contributed by atoms with Gasteiger partial charge in [-0.25, -0.2) is 0 Å². The first kappa shape index (κ1) is 23.8. The summed E-state index contributed by atoms with van der Waals surface area (Å²) in [6, 6.07) is 19.8. The van der Waals surface area contributed by atoms with Crippen molar-refractivity contribution in [2.45, 2.75) is 20.0 Å². The third-order valence-electron chi connectivity index (χ3n) is 5.25. The fraction of sp³-hybridized carbons (Fsp3) is 0.192. The quantitative estimate of drug-likeness (QED) is 0.312. The normalized spacial score (nSPS) is 14.7. The van der Waals surface area contributed by atoms with Crippen molar-refractivity contribution in [1.82, 2.24) is 4.90 Å². The van der Waals surface area contributed by atoms with E-state index in [4.69, 9.17) is 26.8 Å². The van der Waals surface area contributed by atoms with E-state index in [9.17, 15) is 9.59 Å². The van der Waals surface area contributed by atoms with Crippen LogP contribution in [0.2, 0.25) is 0 Å². The fourth-order valence-electron chi connectivity index (χ4n) is 3.63. The van der Waals surface area contributed by atoms with Crippen LogP contribution in [0.5, 0.6) is 11.5 Å². The first-order valence-electron chi connectivity index (χ1n) is 10.8. The zero-order chi connectivity index (χ0) is 24.1. The van der Waals surface area contributed by atoms with E-state index in [-0.39, 0.29) is 18.9 Å². The molecular formula is C26H23NO5S2. The van der Waals surface area contributed by atoms with Gasteiger partial charge in [0.25, 0.3) is 5.91 Å². The number of nitrogens with zero attached hydrogens (tertiary/aromatic N) is 1. The molecule has 1 fully saturated rings. The Hall–Kier alpha value is -3.36. The molecule has 6 nitrogen and oxygen atoms in total. The maximum atomic E-state index is 12.7. The lowest BCUT2D eigenvalue weighted by Crippen LogP contribution is -2.30. The summed E-state index contributed by atoms with van der Waals surface area (Å²) < 4.78 is 12.3. The molecule has 0 atom stereocenters. The number of hydrogen-bond acceptors (Lipinski definition) is 6. The number of fused-ring (bicyclic) bond motifs is 1. The Kier molecular flexibility index (Phi) is 7.49. The summed E-state index contributed by atoms with van der Waals surface area (Å²) in [5.41, 5.74) is 1.84. The van der Waals surface area contributed by atoms with Crippen LogP contribution in [-0.2, 0) is 16.2 Å². The van der Waals surface area contributed by atoms with E-state index < -0.39 is 5.97 Å². The molecule has 1 aliphatic rings. The van der Waals surface area contributed by atoms with Crippen LogP contribution in [0.15, 0.2) is 65.6 Å². The second-order valence-electron chi connectivity index (χ2n) is 7.54. The van der Waals surface area contributed by atoms with Gasteiger partial charge in [-0.1, -0.05) is 72.5 Å². The molecule has 3 aromatic carbocycles. The summed E-state index contributed by atoms with van der Waals surface area (Å²) >= 11 is 6.42. The number of carbonyl (C=O) groups is 2. The number of rotatable bonds is 9. The zero-order valence-electron chi connectivity index (χ0n) is 18.5. The molecule has 0 aliphatic carbocycles. The Balaban J connectivity index is 1.53. The molecule has 1 aliphatic heterocycles. The summed E-state index contributed by atoms with van der Waals surface area (Å²) in [6.07, 6.45) is 1.58. The van der Waals surface area contributed by atoms with Crippen LogP contribution in [0.1, 0.15) is 24.5 Å². The molecule has 8 heteroatoms. The maximum Gasteiger partial charge on any atom is 0.305 e. The van der Waals surface area contributed by atoms with Crippen molar-refractivity contribution < 1.29 is 24.2 Å². The lowest BCUT2D eigenvalue weighted by Gasteiger charge is -2.14. The number of hydrogen-bond donors (Lipinski definition) is 1. The van der Waals surface area contributed by atoms with Gasteiger partial charge in [0.05, 0.1) is 17.9 Å². The Bertz CT molecular complexity index is 1280. The van der Waals surface area contributed by atoms with Gasteiger partial charge < -0.3 is 14.6 Å². The number of benzene rings is 3. The highest BCUT2D eigenvalue weighted by atomic mass is 32.2. The number of ether oxygens (including phenoxy) is 2. The van der Waals surface area contributed by atoms with Gasteiger partial charge in [-0.3, -0.25) is 14.5 Å². The van der Waals surface area contributed by atoms with Crippen molar-refractivity contribution in [3.05, 3.63) is 76.7 Å². The molecule has 0 radical (unpaired) electrons. The van der Waals surface area contributed by atoms with E-state index in [1.807, 2.05) is 49.4 Å². The van der Waals surface area contributed by atoms with E-state index in [0.717, 1.165) is 33.7 Å². The van der Waals surface area contributed by atoms with Gasteiger partial charge in [0.2, 0.25) is 0 Å². The lowest BCUT2D eigenvalue weighted by molar-refractivity contribution is -0.137. The van der Waals surface area contributed by atoms with Gasteiger partial charge in [-0.05, 0) is 47.0 Å². The molecule has 0 aromatic heterocycles. The van der Waals surface area contributed by atoms with Crippen LogP contribution >= 0.6 is 24.0 Å². The minimum absolute atomic E-state index is 0.0580. The second kappa shape index (κ2) is 10.7. The van der Waals surface area contributed by atoms with Gasteiger partial charge in [0.1, 0.15) is 10.9 Å². The minimum atomic E-state index is -0.974. The average Bonchev–Trinajstić information content (AvgIpc) is 3.09. The average molecular weight is 494 g/mol. The second-order valence-corrected chi connectivity index (χ2v) is 9.22. The highest BCUT2D eigenvalue weighted by molar-refractivity contribution is 8.26. The lowest BCUT2D eigenvalue weighted by atomic mass is 10.1. The molecule has 1 amide bonds. The maximum absolute atomic E-state index is 12.7. The molecule has 0 unspecified atom stereocenters. The van der Waals surface area contributed by atoms with Crippen LogP contribution in [0, 0.1) is 0 Å². The molecule has 1 heterocycles. The Labute approximate surface area is 207 Å². The summed E-state index contributed by atoms with van der Waals surface area (Å²) in [7, 11) is 0. The molecule has 4 rings (SSSR count). The number of aliphatic carboxylic acids is 1. The predicted octanol–water partition coefficient (Wildman–Crippen LogP) is 5.49. The van der Waals surface area contributed by atoms with Crippen molar-refractivity contribution in [3.63, 3.8) is 0 Å². The van der Waals surface area contributed by atoms with E-state index in [2.05, 4.69) is 18.2 Å². The predicted molar refractivity (Wildman–Crippen MR) is 138 cm³/mol. The molecule has 3 aromatic rings. The van der Waals surface area contributed by atoms with E-state index >= 15 is 0 Å². The van der Waals surface area contributed by atoms with Crippen molar-refractivity contribution >= 4 is 57.0 Å². The zero-order valence-corrected chi connectivity index (χ0v) is 20.2. The molecule has 0 spiro atoms. The van der Waals surface area contributed by atoms with Crippen LogP contribution in [0.25, 0.3) is 16.8 Å². The van der Waals surface area contributed by atoms with Crippen LogP contribution in [0.4, 0.5) is 0 Å². The number of carbonyl (C=O) groups excluding carboxylic acids is 1. The Morgan fingerprint density at radius 2 is 1.88 bits per heavy atom. The summed E-state index contributed by atoms with van der Waals surface area (Å²) in [6.45, 7) is 2.81. The number of carboxylic acid groups (broad SMARTS) is 1. The van der Waals surface area contributed by atoms with Crippen molar-refractivity contribution in [1.29, 1.82) is 0 Å².